The second-order valence-corrected chi connectivity index (χ2v) is 5.96. The molecule has 2 rings (SSSR count). The van der Waals surface area contributed by atoms with Crippen LogP contribution in [0.15, 0.2) is 54.6 Å². The topological polar surface area (TPSA) is 38.3 Å². The van der Waals surface area contributed by atoms with Gasteiger partial charge in [-0.1, -0.05) is 55.8 Å². The molecule has 1 N–H and O–H groups in total. The van der Waals surface area contributed by atoms with Gasteiger partial charge in [0.2, 0.25) is 0 Å². The highest BCUT2D eigenvalue weighted by Crippen LogP contribution is 2.18. The van der Waals surface area contributed by atoms with Crippen LogP contribution in [-0.2, 0) is 4.79 Å². The third kappa shape index (κ3) is 5.29. The van der Waals surface area contributed by atoms with Gasteiger partial charge in [-0.2, -0.15) is 0 Å². The normalized spacial score (nSPS) is 13.2. The molecule has 0 aliphatic carbocycles. The van der Waals surface area contributed by atoms with E-state index in [4.69, 9.17) is 16.3 Å². The molecule has 1 amide bonds. The molecule has 122 valence electrons. The molecule has 0 spiro atoms. The molecule has 0 aliphatic rings. The molecule has 0 heterocycles. The van der Waals surface area contributed by atoms with Crippen molar-refractivity contribution in [3.8, 4) is 5.75 Å². The first-order valence-electron chi connectivity index (χ1n) is 7.85. The third-order valence-electron chi connectivity index (χ3n) is 3.71. The molecule has 2 atom stereocenters. The Morgan fingerprint density at radius 3 is 2.39 bits per heavy atom. The van der Waals surface area contributed by atoms with E-state index in [2.05, 4.69) is 24.4 Å². The number of amides is 1. The Hall–Kier alpha value is -2.00. The van der Waals surface area contributed by atoms with Gasteiger partial charge in [-0.05, 0) is 42.2 Å². The number of hydrogen-bond donors (Lipinski definition) is 1. The van der Waals surface area contributed by atoms with Crippen LogP contribution in [0.3, 0.4) is 0 Å². The zero-order valence-electron chi connectivity index (χ0n) is 13.5. The van der Waals surface area contributed by atoms with Crippen LogP contribution >= 0.6 is 11.6 Å². The number of halogens is 1. The van der Waals surface area contributed by atoms with Gasteiger partial charge in [0.1, 0.15) is 5.75 Å². The summed E-state index contributed by atoms with van der Waals surface area (Å²) in [5.74, 6) is 0.811. The number of hydrogen-bond acceptors (Lipinski definition) is 2. The SMILES string of the molecule is CC[C@H](Oc1ccc(Cl)cc1)C(=O)NC[C@H](C)c1ccccc1. The molecule has 0 aromatic heterocycles. The van der Waals surface area contributed by atoms with Gasteiger partial charge in [0.25, 0.3) is 5.91 Å². The van der Waals surface area contributed by atoms with Crippen molar-refractivity contribution in [3.05, 3.63) is 65.2 Å². The smallest absolute Gasteiger partial charge is 0.261 e. The van der Waals surface area contributed by atoms with Crippen LogP contribution in [-0.4, -0.2) is 18.6 Å². The monoisotopic (exact) mass is 331 g/mol. The van der Waals surface area contributed by atoms with E-state index >= 15 is 0 Å². The number of ether oxygens (including phenoxy) is 1. The molecular weight excluding hydrogens is 310 g/mol. The molecule has 2 aromatic carbocycles. The van der Waals surface area contributed by atoms with E-state index in [0.29, 0.717) is 23.7 Å². The Labute approximate surface area is 142 Å². The minimum atomic E-state index is -0.501. The maximum atomic E-state index is 12.3. The molecule has 0 radical (unpaired) electrons. The molecule has 2 aromatic rings. The number of nitrogens with one attached hydrogen (secondary N) is 1. The number of carbonyl (C=O) groups excluding carboxylic acids is 1. The lowest BCUT2D eigenvalue weighted by molar-refractivity contribution is -0.128. The highest BCUT2D eigenvalue weighted by atomic mass is 35.5. The van der Waals surface area contributed by atoms with Crippen molar-refractivity contribution in [1.29, 1.82) is 0 Å². The average molecular weight is 332 g/mol. The molecule has 0 aliphatic heterocycles. The molecule has 0 saturated carbocycles. The largest absolute Gasteiger partial charge is 0.481 e. The van der Waals surface area contributed by atoms with Gasteiger partial charge in [-0.25, -0.2) is 0 Å². The summed E-state index contributed by atoms with van der Waals surface area (Å²) in [6.07, 6.45) is 0.105. The van der Waals surface area contributed by atoms with Crippen molar-refractivity contribution >= 4 is 17.5 Å². The van der Waals surface area contributed by atoms with Crippen LogP contribution in [0.25, 0.3) is 0 Å². The minimum Gasteiger partial charge on any atom is -0.481 e. The maximum Gasteiger partial charge on any atom is 0.261 e. The summed E-state index contributed by atoms with van der Waals surface area (Å²) in [4.78, 5) is 12.3. The molecule has 0 saturated heterocycles. The molecule has 23 heavy (non-hydrogen) atoms. The van der Waals surface area contributed by atoms with Crippen LogP contribution < -0.4 is 10.1 Å². The lowest BCUT2D eigenvalue weighted by atomic mass is 10.0. The average Bonchev–Trinajstić information content (AvgIpc) is 2.59. The van der Waals surface area contributed by atoms with E-state index < -0.39 is 6.10 Å². The standard InChI is InChI=1S/C19H22ClNO2/c1-3-18(23-17-11-9-16(20)10-12-17)19(22)21-13-14(2)15-7-5-4-6-8-15/h4-12,14,18H,3,13H2,1-2H3,(H,21,22)/t14-,18-/m0/s1. The van der Waals surface area contributed by atoms with Crippen molar-refractivity contribution in [2.45, 2.75) is 32.3 Å². The van der Waals surface area contributed by atoms with E-state index in [1.165, 1.54) is 5.56 Å². The van der Waals surface area contributed by atoms with Crippen molar-refractivity contribution in [2.24, 2.45) is 0 Å². The summed E-state index contributed by atoms with van der Waals surface area (Å²) >= 11 is 5.85. The van der Waals surface area contributed by atoms with Crippen LogP contribution in [0, 0.1) is 0 Å². The molecule has 0 bridgehead atoms. The lowest BCUT2D eigenvalue weighted by Crippen LogP contribution is -2.39. The van der Waals surface area contributed by atoms with Gasteiger partial charge < -0.3 is 10.1 Å². The first kappa shape index (κ1) is 17.4. The Morgan fingerprint density at radius 2 is 1.78 bits per heavy atom. The summed E-state index contributed by atoms with van der Waals surface area (Å²) in [7, 11) is 0. The molecular formula is C19H22ClNO2. The van der Waals surface area contributed by atoms with E-state index in [0.717, 1.165) is 0 Å². The zero-order chi connectivity index (χ0) is 16.7. The second-order valence-electron chi connectivity index (χ2n) is 5.53. The highest BCUT2D eigenvalue weighted by molar-refractivity contribution is 6.30. The summed E-state index contributed by atoms with van der Waals surface area (Å²) in [5, 5.41) is 3.62. The first-order valence-corrected chi connectivity index (χ1v) is 8.22. The fourth-order valence-corrected chi connectivity index (χ4v) is 2.39. The van der Waals surface area contributed by atoms with Gasteiger partial charge in [-0.15, -0.1) is 0 Å². The maximum absolute atomic E-state index is 12.3. The van der Waals surface area contributed by atoms with E-state index in [-0.39, 0.29) is 11.8 Å². The van der Waals surface area contributed by atoms with Crippen molar-refractivity contribution in [1.82, 2.24) is 5.32 Å². The van der Waals surface area contributed by atoms with Crippen LogP contribution in [0.4, 0.5) is 0 Å². The minimum absolute atomic E-state index is 0.0924. The number of rotatable bonds is 7. The van der Waals surface area contributed by atoms with Gasteiger partial charge >= 0.3 is 0 Å². The second kappa shape index (κ2) is 8.59. The van der Waals surface area contributed by atoms with Crippen molar-refractivity contribution < 1.29 is 9.53 Å². The van der Waals surface area contributed by atoms with E-state index in [1.807, 2.05) is 25.1 Å². The van der Waals surface area contributed by atoms with Crippen LogP contribution in [0.2, 0.25) is 5.02 Å². The summed E-state index contributed by atoms with van der Waals surface area (Å²) in [6.45, 7) is 4.61. The summed E-state index contributed by atoms with van der Waals surface area (Å²) in [5.41, 5.74) is 1.21. The van der Waals surface area contributed by atoms with Crippen LogP contribution in [0.5, 0.6) is 5.75 Å². The number of benzene rings is 2. The summed E-state index contributed by atoms with van der Waals surface area (Å²) in [6, 6.07) is 17.2. The zero-order valence-corrected chi connectivity index (χ0v) is 14.2. The Bertz CT molecular complexity index is 613. The molecule has 0 fully saturated rings. The van der Waals surface area contributed by atoms with Gasteiger partial charge in [0.05, 0.1) is 0 Å². The predicted octanol–water partition coefficient (Wildman–Crippen LogP) is 4.42. The fourth-order valence-electron chi connectivity index (χ4n) is 2.27. The van der Waals surface area contributed by atoms with Gasteiger partial charge in [-0.3, -0.25) is 4.79 Å². The highest BCUT2D eigenvalue weighted by Gasteiger charge is 2.19. The first-order chi connectivity index (χ1) is 11.1. The van der Waals surface area contributed by atoms with Crippen LogP contribution in [0.1, 0.15) is 31.7 Å². The van der Waals surface area contributed by atoms with Gasteiger partial charge in [0.15, 0.2) is 6.10 Å². The van der Waals surface area contributed by atoms with Crippen molar-refractivity contribution in [2.75, 3.05) is 6.54 Å². The number of carbonyl (C=O) groups is 1. The predicted molar refractivity (Wildman–Crippen MR) is 94.0 cm³/mol. The van der Waals surface area contributed by atoms with E-state index in [1.54, 1.807) is 24.3 Å². The Kier molecular flexibility index (Phi) is 6.48. The van der Waals surface area contributed by atoms with E-state index in [9.17, 15) is 4.79 Å². The Balaban J connectivity index is 1.88. The van der Waals surface area contributed by atoms with Crippen molar-refractivity contribution in [3.63, 3.8) is 0 Å². The molecule has 0 unspecified atom stereocenters. The third-order valence-corrected chi connectivity index (χ3v) is 3.96. The van der Waals surface area contributed by atoms with Gasteiger partial charge in [0, 0.05) is 11.6 Å². The Morgan fingerprint density at radius 1 is 1.13 bits per heavy atom. The molecule has 4 heteroatoms. The fraction of sp³-hybridized carbons (Fsp3) is 0.316. The summed E-state index contributed by atoms with van der Waals surface area (Å²) < 4.78 is 5.75. The lowest BCUT2D eigenvalue weighted by Gasteiger charge is -2.19. The molecule has 3 nitrogen and oxygen atoms in total. The quantitative estimate of drug-likeness (QED) is 0.815.